The zero-order chi connectivity index (χ0) is 23.8. The highest BCUT2D eigenvalue weighted by atomic mass is 16.4. The molecule has 0 aromatic rings. The van der Waals surface area contributed by atoms with E-state index in [9.17, 15) is 24.3 Å². The zero-order valence-corrected chi connectivity index (χ0v) is 18.0. The molecule has 9 N–H and O–H groups in total. The fourth-order valence-corrected chi connectivity index (χ4v) is 4.10. The van der Waals surface area contributed by atoms with Crippen molar-refractivity contribution < 1.29 is 29.4 Å². The summed E-state index contributed by atoms with van der Waals surface area (Å²) in [6.07, 6.45) is 2.52. The van der Waals surface area contributed by atoms with Crippen LogP contribution >= 0.6 is 0 Å². The molecule has 4 atom stereocenters. The minimum Gasteiger partial charge on any atom is -0.480 e. The molecule has 0 aromatic heterocycles. The maximum Gasteiger partial charge on any atom is 0.326 e. The largest absolute Gasteiger partial charge is 0.480 e. The first kappa shape index (κ1) is 25.3. The lowest BCUT2D eigenvalue weighted by atomic mass is 10.1. The minimum absolute atomic E-state index is 0.0968. The van der Waals surface area contributed by atoms with Crippen LogP contribution in [0.4, 0.5) is 0 Å². The number of nitrogens with zero attached hydrogens (tertiary/aromatic N) is 3. The van der Waals surface area contributed by atoms with Gasteiger partial charge in [-0.25, -0.2) is 4.79 Å². The quantitative estimate of drug-likeness (QED) is 0.111. The van der Waals surface area contributed by atoms with Gasteiger partial charge in [-0.1, -0.05) is 0 Å². The number of guanidine groups is 1. The molecule has 0 radical (unpaired) electrons. The summed E-state index contributed by atoms with van der Waals surface area (Å²) in [5, 5.41) is 21.1. The van der Waals surface area contributed by atoms with E-state index < -0.39 is 48.6 Å². The van der Waals surface area contributed by atoms with Gasteiger partial charge in [0, 0.05) is 19.6 Å². The lowest BCUT2D eigenvalue weighted by Gasteiger charge is -2.32. The molecule has 0 aliphatic carbocycles. The zero-order valence-electron chi connectivity index (χ0n) is 18.0. The number of amides is 3. The Balaban J connectivity index is 2.02. The van der Waals surface area contributed by atoms with Crippen LogP contribution in [0.3, 0.4) is 0 Å². The molecule has 0 spiro atoms. The summed E-state index contributed by atoms with van der Waals surface area (Å²) in [5.74, 6) is -2.70. The number of carboxylic acid groups (broad SMARTS) is 1. The van der Waals surface area contributed by atoms with Crippen molar-refractivity contribution in [3.05, 3.63) is 0 Å². The summed E-state index contributed by atoms with van der Waals surface area (Å²) in [4.78, 5) is 56.5. The second-order valence-electron chi connectivity index (χ2n) is 8.02. The van der Waals surface area contributed by atoms with Gasteiger partial charge >= 0.3 is 5.97 Å². The highest BCUT2D eigenvalue weighted by molar-refractivity contribution is 5.94. The molecular weight excluding hydrogens is 422 g/mol. The molecule has 2 fully saturated rings. The molecule has 2 saturated heterocycles. The Kier molecular flexibility index (Phi) is 9.20. The number of rotatable bonds is 10. The summed E-state index contributed by atoms with van der Waals surface area (Å²) >= 11 is 0. The van der Waals surface area contributed by atoms with E-state index in [1.54, 1.807) is 0 Å². The molecule has 0 saturated carbocycles. The standard InChI is InChI=1S/C19H33N7O6/c20-11(10-27)16(29)26-9-3-6-14(26)17(30)25-8-2-5-13(25)15(28)24-12(18(31)32)4-1-7-23-19(21)22/h11-14,27H,1-10,20H2,(H,24,28)(H,31,32)(H4,21,22,23). The van der Waals surface area contributed by atoms with Gasteiger partial charge in [0.25, 0.3) is 0 Å². The van der Waals surface area contributed by atoms with Gasteiger partial charge in [-0.05, 0) is 38.5 Å². The van der Waals surface area contributed by atoms with E-state index >= 15 is 0 Å². The molecule has 0 aromatic carbocycles. The third kappa shape index (κ3) is 6.29. The lowest BCUT2D eigenvalue weighted by Crippen LogP contribution is -2.56. The van der Waals surface area contributed by atoms with E-state index in [-0.39, 0.29) is 24.8 Å². The lowest BCUT2D eigenvalue weighted by molar-refractivity contribution is -0.148. The predicted octanol–water partition coefficient (Wildman–Crippen LogP) is -3.09. The van der Waals surface area contributed by atoms with Crippen molar-refractivity contribution in [3.8, 4) is 0 Å². The number of aliphatic hydroxyl groups is 1. The smallest absolute Gasteiger partial charge is 0.326 e. The van der Waals surface area contributed by atoms with Crippen LogP contribution in [0.2, 0.25) is 0 Å². The molecule has 2 aliphatic heterocycles. The third-order valence-electron chi connectivity index (χ3n) is 5.73. The monoisotopic (exact) mass is 455 g/mol. The van der Waals surface area contributed by atoms with E-state index in [1.165, 1.54) is 9.80 Å². The first-order valence-corrected chi connectivity index (χ1v) is 10.7. The Hall–Kier alpha value is -2.93. The third-order valence-corrected chi connectivity index (χ3v) is 5.73. The summed E-state index contributed by atoms with van der Waals surface area (Å²) in [5.41, 5.74) is 16.1. The van der Waals surface area contributed by atoms with Crippen molar-refractivity contribution in [2.45, 2.75) is 62.7 Å². The maximum atomic E-state index is 13.2. The van der Waals surface area contributed by atoms with Gasteiger partial charge in [-0.3, -0.25) is 19.4 Å². The van der Waals surface area contributed by atoms with E-state index in [4.69, 9.17) is 22.3 Å². The highest BCUT2D eigenvalue weighted by Crippen LogP contribution is 2.25. The van der Waals surface area contributed by atoms with Crippen LogP contribution in [0.15, 0.2) is 4.99 Å². The molecular formula is C19H33N7O6. The fourth-order valence-electron chi connectivity index (χ4n) is 4.10. The minimum atomic E-state index is -1.19. The number of aliphatic hydroxyl groups excluding tert-OH is 1. The molecule has 4 unspecified atom stereocenters. The van der Waals surface area contributed by atoms with Crippen LogP contribution in [0.5, 0.6) is 0 Å². The van der Waals surface area contributed by atoms with E-state index in [1.807, 2.05) is 0 Å². The average Bonchev–Trinajstić information content (AvgIpc) is 3.43. The van der Waals surface area contributed by atoms with Crippen molar-refractivity contribution in [1.82, 2.24) is 15.1 Å². The second-order valence-corrected chi connectivity index (χ2v) is 8.02. The number of nitrogens with two attached hydrogens (primary N) is 3. The number of likely N-dealkylation sites (tertiary alicyclic amines) is 2. The van der Waals surface area contributed by atoms with E-state index in [2.05, 4.69) is 10.3 Å². The number of nitrogens with one attached hydrogen (secondary N) is 1. The predicted molar refractivity (Wildman–Crippen MR) is 114 cm³/mol. The van der Waals surface area contributed by atoms with Crippen LogP contribution in [-0.4, -0.2) is 100 Å². The first-order chi connectivity index (χ1) is 15.2. The first-order valence-electron chi connectivity index (χ1n) is 10.7. The van der Waals surface area contributed by atoms with Crippen LogP contribution in [0.25, 0.3) is 0 Å². The number of aliphatic carboxylic acids is 1. The van der Waals surface area contributed by atoms with Crippen molar-refractivity contribution in [2.24, 2.45) is 22.2 Å². The van der Waals surface area contributed by atoms with Crippen LogP contribution in [0, 0.1) is 0 Å². The van der Waals surface area contributed by atoms with Gasteiger partial charge < -0.3 is 42.5 Å². The van der Waals surface area contributed by atoms with Crippen LogP contribution in [-0.2, 0) is 19.2 Å². The molecule has 2 rings (SSSR count). The van der Waals surface area contributed by atoms with Gasteiger partial charge in [-0.2, -0.15) is 0 Å². The molecule has 13 nitrogen and oxygen atoms in total. The molecule has 3 amide bonds. The van der Waals surface area contributed by atoms with Gasteiger partial charge in [0.05, 0.1) is 6.61 Å². The Morgan fingerprint density at radius 3 is 2.28 bits per heavy atom. The molecule has 180 valence electrons. The number of hydrogen-bond donors (Lipinski definition) is 6. The Labute approximate surface area is 186 Å². The molecule has 32 heavy (non-hydrogen) atoms. The topological polar surface area (TPSA) is 218 Å². The van der Waals surface area contributed by atoms with Crippen LogP contribution < -0.4 is 22.5 Å². The average molecular weight is 456 g/mol. The summed E-state index contributed by atoms with van der Waals surface area (Å²) in [6, 6.07) is -3.80. The Morgan fingerprint density at radius 1 is 1.06 bits per heavy atom. The fraction of sp³-hybridized carbons (Fsp3) is 0.737. The van der Waals surface area contributed by atoms with Crippen LogP contribution in [0.1, 0.15) is 38.5 Å². The summed E-state index contributed by atoms with van der Waals surface area (Å²) in [6.45, 7) is 0.399. The summed E-state index contributed by atoms with van der Waals surface area (Å²) in [7, 11) is 0. The number of carbonyl (C=O) groups excluding carboxylic acids is 3. The molecule has 2 heterocycles. The van der Waals surface area contributed by atoms with E-state index in [0.717, 1.165) is 0 Å². The van der Waals surface area contributed by atoms with Gasteiger partial charge in [-0.15, -0.1) is 0 Å². The number of hydrogen-bond acceptors (Lipinski definition) is 7. The summed E-state index contributed by atoms with van der Waals surface area (Å²) < 4.78 is 0. The second kappa shape index (κ2) is 11.6. The van der Waals surface area contributed by atoms with E-state index in [0.29, 0.717) is 45.2 Å². The van der Waals surface area contributed by atoms with Crippen molar-refractivity contribution in [1.29, 1.82) is 0 Å². The van der Waals surface area contributed by atoms with Gasteiger partial charge in [0.15, 0.2) is 5.96 Å². The van der Waals surface area contributed by atoms with Crippen molar-refractivity contribution in [3.63, 3.8) is 0 Å². The number of carbonyl (C=O) groups is 4. The molecule has 0 bridgehead atoms. The SMILES string of the molecule is NC(N)=NCCCC(NC(=O)C1CCCN1C(=O)C1CCCN1C(=O)C(N)CO)C(=O)O. The van der Waals surface area contributed by atoms with Crippen molar-refractivity contribution >= 4 is 29.7 Å². The highest BCUT2D eigenvalue weighted by Gasteiger charge is 2.43. The molecule has 13 heteroatoms. The maximum absolute atomic E-state index is 13.2. The molecule has 2 aliphatic rings. The number of aliphatic imine (C=N–C) groups is 1. The Morgan fingerprint density at radius 2 is 1.69 bits per heavy atom. The van der Waals surface area contributed by atoms with Crippen molar-refractivity contribution in [2.75, 3.05) is 26.2 Å². The Bertz CT molecular complexity index is 742. The van der Waals surface area contributed by atoms with Gasteiger partial charge in [0.1, 0.15) is 24.2 Å². The number of carboxylic acids is 1. The normalized spacial score (nSPS) is 22.3. The van der Waals surface area contributed by atoms with Gasteiger partial charge in [0.2, 0.25) is 17.7 Å².